The molecular weight excluding hydrogens is 384 g/mol. The molecule has 1 amide bonds. The van der Waals surface area contributed by atoms with E-state index < -0.39 is 0 Å². The Hall–Kier alpha value is -2.73. The van der Waals surface area contributed by atoms with E-state index in [0.29, 0.717) is 12.3 Å². The normalized spacial score (nSPS) is 12.4. The summed E-state index contributed by atoms with van der Waals surface area (Å²) >= 11 is 1.49. The van der Waals surface area contributed by atoms with Crippen LogP contribution in [0.2, 0.25) is 0 Å². The molecule has 0 aliphatic carbocycles. The highest BCUT2D eigenvalue weighted by Gasteiger charge is 2.14. The largest absolute Gasteiger partial charge is 0.454 e. The molecule has 0 spiro atoms. The Bertz CT molecular complexity index is 1080. The van der Waals surface area contributed by atoms with Gasteiger partial charge in [-0.3, -0.25) is 4.79 Å². The topological polar surface area (TPSA) is 60.5 Å². The molecule has 1 aliphatic heterocycles. The van der Waals surface area contributed by atoms with Gasteiger partial charge in [0.1, 0.15) is 5.03 Å². The second-order valence-corrected chi connectivity index (χ2v) is 8.17. The number of aromatic nitrogens is 1. The Morgan fingerprint density at radius 2 is 1.97 bits per heavy atom. The van der Waals surface area contributed by atoms with Crippen LogP contribution >= 0.6 is 11.8 Å². The van der Waals surface area contributed by atoms with Crippen LogP contribution in [0.15, 0.2) is 41.4 Å². The number of nitrogens with zero attached hydrogens (tertiary/aromatic N) is 1. The van der Waals surface area contributed by atoms with Crippen molar-refractivity contribution in [1.82, 2.24) is 10.3 Å². The van der Waals surface area contributed by atoms with E-state index in [0.717, 1.165) is 34.0 Å². The van der Waals surface area contributed by atoms with Crippen molar-refractivity contribution < 1.29 is 14.3 Å². The van der Waals surface area contributed by atoms with E-state index in [1.807, 2.05) is 18.2 Å². The van der Waals surface area contributed by atoms with Gasteiger partial charge in [0.25, 0.3) is 0 Å². The first-order chi connectivity index (χ1) is 14.0. The SMILES string of the molecule is CCc1cc2c(C)cc(C)cc2nc1SCC(=O)NCc1ccc2c(c1)OCO2. The van der Waals surface area contributed by atoms with Crippen LogP contribution < -0.4 is 14.8 Å². The molecule has 3 aromatic rings. The Kier molecular flexibility index (Phi) is 5.62. The van der Waals surface area contributed by atoms with Crippen molar-refractivity contribution in [3.63, 3.8) is 0 Å². The lowest BCUT2D eigenvalue weighted by molar-refractivity contribution is -0.118. The maximum absolute atomic E-state index is 12.4. The predicted molar refractivity (Wildman–Crippen MR) is 116 cm³/mol. The Morgan fingerprint density at radius 3 is 2.79 bits per heavy atom. The molecule has 6 heteroatoms. The predicted octanol–water partition coefficient (Wildman–Crippen LogP) is 4.55. The minimum atomic E-state index is -0.0166. The average molecular weight is 409 g/mol. The van der Waals surface area contributed by atoms with Gasteiger partial charge < -0.3 is 14.8 Å². The number of nitrogens with one attached hydrogen (secondary N) is 1. The quantitative estimate of drug-likeness (QED) is 0.606. The summed E-state index contributed by atoms with van der Waals surface area (Å²) in [5, 5.41) is 5.09. The highest BCUT2D eigenvalue weighted by atomic mass is 32.2. The van der Waals surface area contributed by atoms with Gasteiger partial charge in [0, 0.05) is 11.9 Å². The van der Waals surface area contributed by atoms with Crippen molar-refractivity contribution in [2.24, 2.45) is 0 Å². The van der Waals surface area contributed by atoms with Crippen LogP contribution in [0.5, 0.6) is 11.5 Å². The second kappa shape index (κ2) is 8.33. The fourth-order valence-electron chi connectivity index (χ4n) is 3.47. The molecule has 0 atom stereocenters. The van der Waals surface area contributed by atoms with Crippen molar-refractivity contribution in [2.45, 2.75) is 38.8 Å². The fourth-order valence-corrected chi connectivity index (χ4v) is 4.39. The number of hydrogen-bond acceptors (Lipinski definition) is 5. The van der Waals surface area contributed by atoms with Crippen molar-refractivity contribution in [3.8, 4) is 11.5 Å². The molecule has 150 valence electrons. The monoisotopic (exact) mass is 408 g/mol. The lowest BCUT2D eigenvalue weighted by atomic mass is 10.0. The number of hydrogen-bond donors (Lipinski definition) is 1. The molecule has 0 saturated heterocycles. The summed E-state index contributed by atoms with van der Waals surface area (Å²) in [6, 6.07) is 12.2. The summed E-state index contributed by atoms with van der Waals surface area (Å²) in [7, 11) is 0. The van der Waals surface area contributed by atoms with Crippen molar-refractivity contribution >= 4 is 28.6 Å². The van der Waals surface area contributed by atoms with Gasteiger partial charge in [-0.1, -0.05) is 30.8 Å². The van der Waals surface area contributed by atoms with Crippen LogP contribution in [-0.4, -0.2) is 23.4 Å². The Balaban J connectivity index is 1.41. The standard InChI is InChI=1S/C23H24N2O3S/c1-4-17-10-18-15(3)7-14(2)8-19(18)25-23(17)29-12-22(26)24-11-16-5-6-20-21(9-16)28-13-27-20/h5-10H,4,11-13H2,1-3H3,(H,24,26). The smallest absolute Gasteiger partial charge is 0.231 e. The Labute approximate surface area is 174 Å². The van der Waals surface area contributed by atoms with Crippen molar-refractivity contribution in [1.29, 1.82) is 0 Å². The summed E-state index contributed by atoms with van der Waals surface area (Å²) in [4.78, 5) is 17.2. The van der Waals surface area contributed by atoms with E-state index in [1.165, 1.54) is 33.8 Å². The van der Waals surface area contributed by atoms with E-state index in [2.05, 4.69) is 44.3 Å². The number of fused-ring (bicyclic) bond motifs is 2. The van der Waals surface area contributed by atoms with E-state index in [-0.39, 0.29) is 12.7 Å². The molecule has 29 heavy (non-hydrogen) atoms. The molecule has 4 rings (SSSR count). The van der Waals surface area contributed by atoms with Crippen LogP contribution in [0.25, 0.3) is 10.9 Å². The van der Waals surface area contributed by atoms with E-state index in [4.69, 9.17) is 14.5 Å². The van der Waals surface area contributed by atoms with Crippen molar-refractivity contribution in [2.75, 3.05) is 12.5 Å². The van der Waals surface area contributed by atoms with Gasteiger partial charge in [0.05, 0.1) is 11.3 Å². The molecule has 1 aromatic heterocycles. The van der Waals surface area contributed by atoms with E-state index in [1.54, 1.807) is 0 Å². The third-order valence-corrected chi connectivity index (χ3v) is 6.01. The Morgan fingerprint density at radius 1 is 1.14 bits per heavy atom. The van der Waals surface area contributed by atoms with Crippen LogP contribution in [0.4, 0.5) is 0 Å². The zero-order valence-corrected chi connectivity index (χ0v) is 17.7. The van der Waals surface area contributed by atoms with Crippen LogP contribution in [0.3, 0.4) is 0 Å². The first kappa shape index (κ1) is 19.6. The lowest BCUT2D eigenvalue weighted by Gasteiger charge is -2.11. The molecule has 5 nitrogen and oxygen atoms in total. The van der Waals surface area contributed by atoms with Gasteiger partial charge >= 0.3 is 0 Å². The number of benzene rings is 2. The molecule has 0 unspecified atom stereocenters. The lowest BCUT2D eigenvalue weighted by Crippen LogP contribution is -2.24. The zero-order chi connectivity index (χ0) is 20.4. The highest BCUT2D eigenvalue weighted by Crippen LogP contribution is 2.32. The maximum Gasteiger partial charge on any atom is 0.231 e. The van der Waals surface area contributed by atoms with E-state index >= 15 is 0 Å². The third kappa shape index (κ3) is 4.32. The number of carbonyl (C=O) groups is 1. The van der Waals surface area contributed by atoms with Gasteiger partial charge in [0.2, 0.25) is 12.7 Å². The number of ether oxygens (including phenoxy) is 2. The van der Waals surface area contributed by atoms with Crippen LogP contribution in [-0.2, 0) is 17.8 Å². The summed E-state index contributed by atoms with van der Waals surface area (Å²) in [5.41, 5.74) is 5.59. The number of rotatable bonds is 6. The average Bonchev–Trinajstić information content (AvgIpc) is 3.17. The van der Waals surface area contributed by atoms with Gasteiger partial charge in [-0.15, -0.1) is 0 Å². The van der Waals surface area contributed by atoms with Gasteiger partial charge in [-0.2, -0.15) is 0 Å². The second-order valence-electron chi connectivity index (χ2n) is 7.21. The molecule has 1 N–H and O–H groups in total. The molecule has 0 fully saturated rings. The van der Waals surface area contributed by atoms with E-state index in [9.17, 15) is 4.79 Å². The van der Waals surface area contributed by atoms with Crippen LogP contribution in [0.1, 0.15) is 29.2 Å². The number of aryl methyl sites for hydroxylation is 3. The molecule has 2 aromatic carbocycles. The number of thioether (sulfide) groups is 1. The highest BCUT2D eigenvalue weighted by molar-refractivity contribution is 7.99. The molecule has 0 bridgehead atoms. The summed E-state index contributed by atoms with van der Waals surface area (Å²) in [6.45, 7) is 7.03. The number of amides is 1. The first-order valence-electron chi connectivity index (χ1n) is 9.72. The maximum atomic E-state index is 12.4. The van der Waals surface area contributed by atoms with Gasteiger partial charge in [-0.05, 0) is 66.8 Å². The van der Waals surface area contributed by atoms with Gasteiger partial charge in [0.15, 0.2) is 11.5 Å². The summed E-state index contributed by atoms with van der Waals surface area (Å²) in [5.74, 6) is 1.79. The van der Waals surface area contributed by atoms with Crippen LogP contribution in [0, 0.1) is 13.8 Å². The molecule has 2 heterocycles. The zero-order valence-electron chi connectivity index (χ0n) is 16.9. The molecular formula is C23H24N2O3S. The minimum Gasteiger partial charge on any atom is -0.454 e. The number of pyridine rings is 1. The molecule has 0 radical (unpaired) electrons. The summed E-state index contributed by atoms with van der Waals surface area (Å²) in [6.07, 6.45) is 0.886. The first-order valence-corrected chi connectivity index (χ1v) is 10.7. The third-order valence-electron chi connectivity index (χ3n) is 4.97. The molecule has 0 saturated carbocycles. The fraction of sp³-hybridized carbons (Fsp3) is 0.304. The number of carbonyl (C=O) groups excluding carboxylic acids is 1. The van der Waals surface area contributed by atoms with Gasteiger partial charge in [-0.25, -0.2) is 4.98 Å². The molecule has 1 aliphatic rings. The van der Waals surface area contributed by atoms with Crippen molar-refractivity contribution in [3.05, 3.63) is 58.7 Å². The minimum absolute atomic E-state index is 0.0166. The summed E-state index contributed by atoms with van der Waals surface area (Å²) < 4.78 is 10.7.